The highest BCUT2D eigenvalue weighted by molar-refractivity contribution is 6.99. The van der Waals surface area contributed by atoms with Crippen LogP contribution in [-0.4, -0.2) is 26.6 Å². The number of aliphatic hydroxyl groups is 1. The van der Waals surface area contributed by atoms with Gasteiger partial charge in [0.25, 0.3) is 8.32 Å². The van der Waals surface area contributed by atoms with E-state index in [2.05, 4.69) is 81.4 Å². The van der Waals surface area contributed by atoms with Crippen LogP contribution in [0.3, 0.4) is 0 Å². The van der Waals surface area contributed by atoms with Crippen LogP contribution in [-0.2, 0) is 4.43 Å². The SMILES string of the molecule is CC(C)(C)[Si](OC/C=C/CCO)(c1ccccc1)c1ccccc1. The first-order valence-electron chi connectivity index (χ1n) is 8.53. The van der Waals surface area contributed by atoms with E-state index in [0.717, 1.165) is 0 Å². The summed E-state index contributed by atoms with van der Waals surface area (Å²) in [5.41, 5.74) is 0. The van der Waals surface area contributed by atoms with Crippen molar-refractivity contribution in [1.29, 1.82) is 0 Å². The third kappa shape index (κ3) is 4.04. The molecule has 0 bridgehead atoms. The van der Waals surface area contributed by atoms with E-state index in [1.807, 2.05) is 12.2 Å². The lowest BCUT2D eigenvalue weighted by atomic mass is 10.2. The molecule has 1 N–H and O–H groups in total. The third-order valence-corrected chi connectivity index (χ3v) is 9.28. The molecule has 2 aromatic rings. The number of hydrogen-bond donors (Lipinski definition) is 1. The summed E-state index contributed by atoms with van der Waals surface area (Å²) < 4.78 is 6.68. The standard InChI is InChI=1S/C21H28O2Si/c1-21(2,3)24(19-13-7-4-8-14-19,20-15-9-5-10-16-20)23-18-12-6-11-17-22/h4-10,12-16,22H,11,17-18H2,1-3H3/b12-6+. The quantitative estimate of drug-likeness (QED) is 0.617. The van der Waals surface area contributed by atoms with E-state index in [9.17, 15) is 0 Å². The fraction of sp³-hybridized carbons (Fsp3) is 0.333. The smallest absolute Gasteiger partial charge is 0.261 e. The van der Waals surface area contributed by atoms with Crippen molar-refractivity contribution in [2.24, 2.45) is 0 Å². The molecule has 0 aliphatic heterocycles. The predicted octanol–water partition coefficient (Wildman–Crippen LogP) is 3.50. The van der Waals surface area contributed by atoms with Gasteiger partial charge in [-0.25, -0.2) is 0 Å². The lowest BCUT2D eigenvalue weighted by Crippen LogP contribution is -2.66. The Morgan fingerprint density at radius 3 is 1.79 bits per heavy atom. The maximum Gasteiger partial charge on any atom is 0.261 e. The molecule has 0 fully saturated rings. The maximum absolute atomic E-state index is 8.93. The Morgan fingerprint density at radius 2 is 1.38 bits per heavy atom. The molecular formula is C21H28O2Si. The first kappa shape index (κ1) is 18.7. The summed E-state index contributed by atoms with van der Waals surface area (Å²) in [7, 11) is -2.42. The Morgan fingerprint density at radius 1 is 0.875 bits per heavy atom. The van der Waals surface area contributed by atoms with Crippen molar-refractivity contribution in [3.05, 3.63) is 72.8 Å². The Hall–Kier alpha value is -1.68. The van der Waals surface area contributed by atoms with Crippen LogP contribution < -0.4 is 10.4 Å². The van der Waals surface area contributed by atoms with E-state index in [1.165, 1.54) is 10.4 Å². The molecule has 2 rings (SSSR count). The monoisotopic (exact) mass is 340 g/mol. The van der Waals surface area contributed by atoms with Crippen molar-refractivity contribution < 1.29 is 9.53 Å². The predicted molar refractivity (Wildman–Crippen MR) is 104 cm³/mol. The highest BCUT2D eigenvalue weighted by Gasteiger charge is 2.49. The molecule has 0 amide bonds. The molecule has 24 heavy (non-hydrogen) atoms. The van der Waals surface area contributed by atoms with Crippen LogP contribution in [0.4, 0.5) is 0 Å². The summed E-state index contributed by atoms with van der Waals surface area (Å²) in [6.07, 6.45) is 4.68. The van der Waals surface area contributed by atoms with E-state index < -0.39 is 8.32 Å². The largest absolute Gasteiger partial charge is 0.404 e. The fourth-order valence-corrected chi connectivity index (χ4v) is 7.70. The van der Waals surface area contributed by atoms with Crippen LogP contribution in [0, 0.1) is 0 Å². The second-order valence-corrected chi connectivity index (χ2v) is 11.3. The van der Waals surface area contributed by atoms with Gasteiger partial charge in [0.2, 0.25) is 0 Å². The van der Waals surface area contributed by atoms with Crippen molar-refractivity contribution in [3.8, 4) is 0 Å². The zero-order valence-corrected chi connectivity index (χ0v) is 15.9. The number of rotatable bonds is 7. The molecule has 0 aliphatic carbocycles. The second-order valence-electron chi connectivity index (χ2n) is 6.96. The molecule has 2 nitrogen and oxygen atoms in total. The molecule has 0 spiro atoms. The molecule has 3 heteroatoms. The molecule has 0 saturated heterocycles. The average Bonchev–Trinajstić information content (AvgIpc) is 2.59. The molecule has 0 heterocycles. The summed E-state index contributed by atoms with van der Waals surface area (Å²) in [5.74, 6) is 0. The first-order valence-corrected chi connectivity index (χ1v) is 10.4. The molecule has 0 aliphatic rings. The van der Waals surface area contributed by atoms with E-state index in [1.54, 1.807) is 0 Å². The van der Waals surface area contributed by atoms with Crippen molar-refractivity contribution in [2.45, 2.75) is 32.2 Å². The van der Waals surface area contributed by atoms with Crippen LogP contribution in [0.2, 0.25) is 5.04 Å². The molecule has 0 unspecified atom stereocenters. The van der Waals surface area contributed by atoms with Crippen molar-refractivity contribution >= 4 is 18.7 Å². The lowest BCUT2D eigenvalue weighted by molar-refractivity contribution is 0.301. The van der Waals surface area contributed by atoms with E-state index in [-0.39, 0.29) is 11.6 Å². The van der Waals surface area contributed by atoms with Gasteiger partial charge in [0.15, 0.2) is 0 Å². The summed E-state index contributed by atoms with van der Waals surface area (Å²) in [5, 5.41) is 11.5. The average molecular weight is 341 g/mol. The van der Waals surface area contributed by atoms with Crippen LogP contribution >= 0.6 is 0 Å². The molecule has 0 aromatic heterocycles. The molecular weight excluding hydrogens is 312 g/mol. The lowest BCUT2D eigenvalue weighted by Gasteiger charge is -2.42. The van der Waals surface area contributed by atoms with Crippen LogP contribution in [0.15, 0.2) is 72.8 Å². The van der Waals surface area contributed by atoms with Crippen LogP contribution in [0.5, 0.6) is 0 Å². The summed E-state index contributed by atoms with van der Waals surface area (Å²) in [6, 6.07) is 21.3. The minimum absolute atomic E-state index is 0.000521. The number of aliphatic hydroxyl groups excluding tert-OH is 1. The summed E-state index contributed by atoms with van der Waals surface area (Å²) >= 11 is 0. The summed E-state index contributed by atoms with van der Waals surface area (Å²) in [4.78, 5) is 0. The second kappa shape index (κ2) is 8.43. The Bertz CT molecular complexity index is 590. The minimum Gasteiger partial charge on any atom is -0.404 e. The van der Waals surface area contributed by atoms with Crippen LogP contribution in [0.25, 0.3) is 0 Å². The van der Waals surface area contributed by atoms with Gasteiger partial charge in [-0.2, -0.15) is 0 Å². The fourth-order valence-electron chi connectivity index (χ4n) is 3.20. The Labute approximate surface area is 146 Å². The highest BCUT2D eigenvalue weighted by Crippen LogP contribution is 2.36. The van der Waals surface area contributed by atoms with Gasteiger partial charge in [-0.3, -0.25) is 0 Å². The van der Waals surface area contributed by atoms with Gasteiger partial charge in [-0.1, -0.05) is 93.6 Å². The van der Waals surface area contributed by atoms with Crippen molar-refractivity contribution in [2.75, 3.05) is 13.2 Å². The van der Waals surface area contributed by atoms with Gasteiger partial charge in [-0.15, -0.1) is 0 Å². The Balaban J connectivity index is 2.49. The van der Waals surface area contributed by atoms with E-state index >= 15 is 0 Å². The molecule has 0 atom stereocenters. The molecule has 0 radical (unpaired) electrons. The molecule has 0 saturated carbocycles. The minimum atomic E-state index is -2.42. The van der Waals surface area contributed by atoms with Crippen molar-refractivity contribution in [3.63, 3.8) is 0 Å². The van der Waals surface area contributed by atoms with Crippen molar-refractivity contribution in [1.82, 2.24) is 0 Å². The van der Waals surface area contributed by atoms with Crippen LogP contribution in [0.1, 0.15) is 27.2 Å². The molecule has 2 aromatic carbocycles. The highest BCUT2D eigenvalue weighted by atomic mass is 28.4. The van der Waals surface area contributed by atoms with Gasteiger partial charge in [0.1, 0.15) is 0 Å². The van der Waals surface area contributed by atoms with Gasteiger partial charge >= 0.3 is 0 Å². The van der Waals surface area contributed by atoms with Gasteiger partial charge in [-0.05, 0) is 21.8 Å². The third-order valence-electron chi connectivity index (χ3n) is 4.28. The van der Waals surface area contributed by atoms with Gasteiger partial charge in [0, 0.05) is 6.61 Å². The number of benzene rings is 2. The molecule has 128 valence electrons. The topological polar surface area (TPSA) is 29.5 Å². The maximum atomic E-state index is 8.93. The number of hydrogen-bond acceptors (Lipinski definition) is 2. The first-order chi connectivity index (χ1) is 11.5. The summed E-state index contributed by atoms with van der Waals surface area (Å²) in [6.45, 7) is 7.56. The zero-order chi connectivity index (χ0) is 17.5. The van der Waals surface area contributed by atoms with E-state index in [0.29, 0.717) is 13.0 Å². The van der Waals surface area contributed by atoms with Gasteiger partial charge in [0.05, 0.1) is 6.61 Å². The van der Waals surface area contributed by atoms with Gasteiger partial charge < -0.3 is 9.53 Å². The Kier molecular flexibility index (Phi) is 6.55. The van der Waals surface area contributed by atoms with E-state index in [4.69, 9.17) is 9.53 Å². The zero-order valence-electron chi connectivity index (χ0n) is 14.9. The normalized spacial score (nSPS) is 12.7.